The predicted molar refractivity (Wildman–Crippen MR) is 166 cm³/mol. The van der Waals surface area contributed by atoms with Crippen molar-refractivity contribution in [2.24, 2.45) is 5.92 Å². The van der Waals surface area contributed by atoms with Crippen molar-refractivity contribution in [3.8, 4) is 17.2 Å². The lowest BCUT2D eigenvalue weighted by atomic mass is 9.82. The van der Waals surface area contributed by atoms with E-state index in [1.165, 1.54) is 0 Å². The Morgan fingerprint density at radius 2 is 1.62 bits per heavy atom. The number of carbonyl (C=O) groups is 2. The lowest BCUT2D eigenvalue weighted by Crippen LogP contribution is -2.42. The number of ether oxygens (including phenoxy) is 4. The Kier molecular flexibility index (Phi) is 12.7. The number of fused-ring (bicyclic) bond motifs is 1. The van der Waals surface area contributed by atoms with Gasteiger partial charge in [0.25, 0.3) is 5.09 Å². The Morgan fingerprint density at radius 1 is 0.956 bits per heavy atom. The van der Waals surface area contributed by atoms with Gasteiger partial charge in [0.1, 0.15) is 5.75 Å². The van der Waals surface area contributed by atoms with Crippen LogP contribution in [-0.2, 0) is 19.2 Å². The summed E-state index contributed by atoms with van der Waals surface area (Å²) >= 11 is 0. The molecule has 0 saturated carbocycles. The smallest absolute Gasteiger partial charge is 0.311 e. The second-order valence-corrected chi connectivity index (χ2v) is 11.4. The van der Waals surface area contributed by atoms with Crippen molar-refractivity contribution in [2.45, 2.75) is 64.3 Å². The minimum atomic E-state index is -0.832. The van der Waals surface area contributed by atoms with Gasteiger partial charge in [-0.2, -0.15) is 0 Å². The zero-order valence-electron chi connectivity index (χ0n) is 26.5. The van der Waals surface area contributed by atoms with E-state index in [0.717, 1.165) is 36.8 Å². The molecule has 0 aliphatic carbocycles. The molecule has 4 rings (SSSR count). The highest BCUT2D eigenvalue weighted by molar-refractivity contribution is 5.80. The second-order valence-electron chi connectivity index (χ2n) is 11.4. The number of hydrogen-bond donors (Lipinski definition) is 0. The Bertz CT molecular complexity index is 1260. The molecule has 0 bridgehead atoms. The minimum Gasteiger partial charge on any atom is -0.497 e. The zero-order chi connectivity index (χ0) is 32.2. The lowest BCUT2D eigenvalue weighted by molar-refractivity contribution is -0.757. The molecule has 2 unspecified atom stereocenters. The standard InChI is InChI=1S/C33H45N3O9/c1-4-6-16-34(17-7-5-2)30(37)22-35-21-27(25-12-15-28-29(20-25)44-23-43-28)31(32(35)24-10-13-26(41-3)14-11-24)33(38)42-18-8-9-19-45-36(39)40/h10-15,20,27,31-32H,4-9,16-19,21-23H2,1-3H3/t27?,31-,32?/m1/s1. The van der Waals surface area contributed by atoms with Crippen molar-refractivity contribution in [1.29, 1.82) is 0 Å². The number of nitrogens with zero attached hydrogens (tertiary/aromatic N) is 3. The van der Waals surface area contributed by atoms with Gasteiger partial charge in [0.15, 0.2) is 11.5 Å². The van der Waals surface area contributed by atoms with Crippen molar-refractivity contribution in [3.05, 3.63) is 63.7 Å². The summed E-state index contributed by atoms with van der Waals surface area (Å²) < 4.78 is 22.4. The number of esters is 1. The molecule has 1 fully saturated rings. The first-order valence-electron chi connectivity index (χ1n) is 15.9. The molecule has 2 aromatic rings. The predicted octanol–water partition coefficient (Wildman–Crippen LogP) is 5.14. The van der Waals surface area contributed by atoms with Gasteiger partial charge in [-0.1, -0.05) is 44.9 Å². The molecule has 0 radical (unpaired) electrons. The van der Waals surface area contributed by atoms with Crippen LogP contribution in [0.5, 0.6) is 17.2 Å². The highest BCUT2D eigenvalue weighted by atomic mass is 16.9. The number of carbonyl (C=O) groups excluding carboxylic acids is 2. The summed E-state index contributed by atoms with van der Waals surface area (Å²) in [5, 5.41) is 9.63. The zero-order valence-corrected chi connectivity index (χ0v) is 26.5. The molecule has 2 aromatic carbocycles. The number of likely N-dealkylation sites (tertiary alicyclic amines) is 1. The number of unbranched alkanes of at least 4 members (excludes halogenated alkanes) is 3. The SMILES string of the molecule is CCCCN(CCCC)C(=O)CN1CC(c2ccc3c(c2)OCO3)[C@@H](C(=O)OCCCCO[N+](=O)[O-])C1c1ccc(OC)cc1. The second kappa shape index (κ2) is 16.9. The summed E-state index contributed by atoms with van der Waals surface area (Å²) in [6, 6.07) is 12.8. The summed E-state index contributed by atoms with van der Waals surface area (Å²) in [7, 11) is 1.60. The van der Waals surface area contributed by atoms with E-state index in [2.05, 4.69) is 23.6 Å². The van der Waals surface area contributed by atoms with E-state index in [9.17, 15) is 19.7 Å². The summed E-state index contributed by atoms with van der Waals surface area (Å²) in [5.41, 5.74) is 1.77. The summed E-state index contributed by atoms with van der Waals surface area (Å²) in [5.74, 6) is 0.663. The van der Waals surface area contributed by atoms with Crippen LogP contribution in [0.25, 0.3) is 0 Å². The van der Waals surface area contributed by atoms with Gasteiger partial charge in [-0.3, -0.25) is 14.5 Å². The fourth-order valence-corrected chi connectivity index (χ4v) is 6.00. The topological polar surface area (TPSA) is 130 Å². The molecule has 1 saturated heterocycles. The third-order valence-electron chi connectivity index (χ3n) is 8.39. The lowest BCUT2D eigenvalue weighted by Gasteiger charge is -2.30. The van der Waals surface area contributed by atoms with E-state index in [1.807, 2.05) is 47.4 Å². The molecular formula is C33H45N3O9. The number of rotatable bonds is 18. The van der Waals surface area contributed by atoms with E-state index in [-0.39, 0.29) is 38.4 Å². The van der Waals surface area contributed by atoms with Crippen LogP contribution in [0.15, 0.2) is 42.5 Å². The summed E-state index contributed by atoms with van der Waals surface area (Å²) in [4.78, 5) is 46.7. The molecular weight excluding hydrogens is 582 g/mol. The van der Waals surface area contributed by atoms with Gasteiger partial charge in [0, 0.05) is 31.6 Å². The van der Waals surface area contributed by atoms with E-state index in [0.29, 0.717) is 49.7 Å². The molecule has 246 valence electrons. The van der Waals surface area contributed by atoms with Crippen LogP contribution in [0, 0.1) is 16.0 Å². The Labute approximate surface area is 264 Å². The van der Waals surface area contributed by atoms with E-state index in [1.54, 1.807) is 7.11 Å². The third kappa shape index (κ3) is 9.00. The quantitative estimate of drug-likeness (QED) is 0.0948. The molecule has 2 heterocycles. The Morgan fingerprint density at radius 3 is 2.29 bits per heavy atom. The van der Waals surface area contributed by atoms with Crippen LogP contribution in [-0.4, -0.2) is 80.1 Å². The fraction of sp³-hybridized carbons (Fsp3) is 0.576. The van der Waals surface area contributed by atoms with Gasteiger partial charge in [-0.15, -0.1) is 10.1 Å². The van der Waals surface area contributed by atoms with Crippen molar-refractivity contribution in [1.82, 2.24) is 9.80 Å². The molecule has 45 heavy (non-hydrogen) atoms. The molecule has 0 aromatic heterocycles. The van der Waals surface area contributed by atoms with Crippen LogP contribution in [0.1, 0.15) is 75.5 Å². The third-order valence-corrected chi connectivity index (χ3v) is 8.39. The van der Waals surface area contributed by atoms with Crippen molar-refractivity contribution in [2.75, 3.05) is 53.3 Å². The van der Waals surface area contributed by atoms with Crippen molar-refractivity contribution >= 4 is 11.9 Å². The highest BCUT2D eigenvalue weighted by Crippen LogP contribution is 2.48. The normalized spacial score (nSPS) is 18.9. The molecule has 3 atom stereocenters. The maximum atomic E-state index is 14.0. The molecule has 0 spiro atoms. The van der Waals surface area contributed by atoms with Crippen molar-refractivity contribution in [3.63, 3.8) is 0 Å². The molecule has 12 heteroatoms. The van der Waals surface area contributed by atoms with E-state index < -0.39 is 23.0 Å². The highest BCUT2D eigenvalue weighted by Gasteiger charge is 2.49. The molecule has 1 amide bonds. The Balaban J connectivity index is 1.65. The van der Waals surface area contributed by atoms with Crippen molar-refractivity contribution < 1.29 is 38.5 Å². The molecule has 0 N–H and O–H groups in total. The van der Waals surface area contributed by atoms with Crippen LogP contribution in [0.4, 0.5) is 0 Å². The molecule has 2 aliphatic heterocycles. The average molecular weight is 628 g/mol. The maximum absolute atomic E-state index is 14.0. The number of methoxy groups -OCH3 is 1. The number of amides is 1. The first-order chi connectivity index (χ1) is 21.9. The van der Waals surface area contributed by atoms with Gasteiger partial charge in [-0.25, -0.2) is 0 Å². The van der Waals surface area contributed by atoms with Crippen LogP contribution >= 0.6 is 0 Å². The molecule has 12 nitrogen and oxygen atoms in total. The van der Waals surface area contributed by atoms with Gasteiger partial charge < -0.3 is 28.7 Å². The van der Waals surface area contributed by atoms with Gasteiger partial charge >= 0.3 is 5.97 Å². The Hall–Kier alpha value is -4.06. The van der Waals surface area contributed by atoms with Gasteiger partial charge in [0.05, 0.1) is 32.8 Å². The first kappa shape index (κ1) is 33.8. The van der Waals surface area contributed by atoms with Crippen LogP contribution in [0.3, 0.4) is 0 Å². The van der Waals surface area contributed by atoms with Crippen LogP contribution < -0.4 is 14.2 Å². The number of benzene rings is 2. The van der Waals surface area contributed by atoms with Gasteiger partial charge in [-0.05, 0) is 61.1 Å². The van der Waals surface area contributed by atoms with Crippen LogP contribution in [0.2, 0.25) is 0 Å². The largest absolute Gasteiger partial charge is 0.497 e. The van der Waals surface area contributed by atoms with E-state index >= 15 is 0 Å². The van der Waals surface area contributed by atoms with Gasteiger partial charge in [0.2, 0.25) is 12.7 Å². The monoisotopic (exact) mass is 627 g/mol. The number of hydrogen-bond acceptors (Lipinski definition) is 10. The summed E-state index contributed by atoms with van der Waals surface area (Å²) in [6.45, 7) is 6.41. The fourth-order valence-electron chi connectivity index (χ4n) is 6.00. The molecule has 2 aliphatic rings. The minimum absolute atomic E-state index is 0.0413. The summed E-state index contributed by atoms with van der Waals surface area (Å²) in [6.07, 6.45) is 4.63. The maximum Gasteiger partial charge on any atom is 0.311 e. The van der Waals surface area contributed by atoms with E-state index in [4.69, 9.17) is 18.9 Å². The average Bonchev–Trinajstić information content (AvgIpc) is 3.67. The first-order valence-corrected chi connectivity index (χ1v) is 15.9.